The van der Waals surface area contributed by atoms with Gasteiger partial charge in [-0.15, -0.1) is 68.0 Å². The minimum absolute atomic E-state index is 1.28. The Bertz CT molecular complexity index is 4480. The van der Waals surface area contributed by atoms with E-state index in [9.17, 15) is 0 Å². The van der Waals surface area contributed by atoms with E-state index in [-0.39, 0.29) is 0 Å². The van der Waals surface area contributed by atoms with Gasteiger partial charge in [0.25, 0.3) is 0 Å². The van der Waals surface area contributed by atoms with E-state index >= 15 is 0 Å². The van der Waals surface area contributed by atoms with E-state index in [0.717, 1.165) is 0 Å². The van der Waals surface area contributed by atoms with E-state index in [1.807, 2.05) is 68.0 Å². The predicted octanol–water partition coefficient (Wildman–Crippen LogP) is 21.4. The van der Waals surface area contributed by atoms with Gasteiger partial charge < -0.3 is 0 Å². The third-order valence-corrected chi connectivity index (χ3v) is 21.7. The first-order valence-electron chi connectivity index (χ1n) is 22.8. The maximum absolute atomic E-state index is 2.54. The van der Waals surface area contributed by atoms with Crippen molar-refractivity contribution < 1.29 is 0 Å². The minimum atomic E-state index is 1.28. The molecule has 0 aliphatic heterocycles. The van der Waals surface area contributed by atoms with Gasteiger partial charge in [-0.25, -0.2) is 0 Å². The molecule has 316 valence electrons. The van der Waals surface area contributed by atoms with Gasteiger partial charge in [-0.1, -0.05) is 170 Å². The highest BCUT2D eigenvalue weighted by Crippen LogP contribution is 2.59. The molecule has 16 aromatic rings. The second kappa shape index (κ2) is 14.4. The van der Waals surface area contributed by atoms with Crippen LogP contribution in [0.4, 0.5) is 0 Å². The van der Waals surface area contributed by atoms with E-state index in [2.05, 4.69) is 194 Å². The van der Waals surface area contributed by atoms with Crippen molar-refractivity contribution in [2.24, 2.45) is 0 Å². The fourth-order valence-corrected chi connectivity index (χ4v) is 19.3. The predicted molar refractivity (Wildman–Crippen MR) is 308 cm³/mol. The highest BCUT2D eigenvalue weighted by Gasteiger charge is 2.27. The molecule has 0 N–H and O–H groups in total. The van der Waals surface area contributed by atoms with Gasteiger partial charge in [0, 0.05) is 61.2 Å². The zero-order valence-corrected chi connectivity index (χ0v) is 40.8. The Morgan fingerprint density at radius 2 is 0.456 bits per heavy atom. The summed E-state index contributed by atoms with van der Waals surface area (Å²) in [5.41, 5.74) is 5.23. The van der Waals surface area contributed by atoms with Crippen LogP contribution in [0.2, 0.25) is 0 Å². The topological polar surface area (TPSA) is 0 Å². The minimum Gasteiger partial charge on any atom is -0.134 e. The Morgan fingerprint density at radius 3 is 0.779 bits per heavy atom. The molecule has 16 rings (SSSR count). The molecule has 6 heteroatoms. The van der Waals surface area contributed by atoms with Crippen LogP contribution in [0, 0.1) is 0 Å². The van der Waals surface area contributed by atoms with Gasteiger partial charge >= 0.3 is 0 Å². The first kappa shape index (κ1) is 38.3. The molecule has 0 saturated heterocycles. The Labute approximate surface area is 413 Å². The summed E-state index contributed by atoms with van der Waals surface area (Å²) in [5, 5.41) is 18.7. The van der Waals surface area contributed by atoms with Crippen molar-refractivity contribution in [2.75, 3.05) is 0 Å². The number of hydrogen-bond acceptors (Lipinski definition) is 6. The molecule has 6 aromatic heterocycles. The zero-order chi connectivity index (χ0) is 44.2. The van der Waals surface area contributed by atoms with Gasteiger partial charge in [-0.3, -0.25) is 0 Å². The maximum Gasteiger partial charge on any atom is 0.0549 e. The molecule has 6 heterocycles. The SMILES string of the molecule is c1ccc2c(-c3cc4c(s3)c3sc(-c5cccc6ccccc56)cc3c3c4sc4c3sc3c5cc(-c6cccc7ccccc67)sc5c5sc(-c6cccc7ccccc67)cc5c34)cccc2c1. The summed E-state index contributed by atoms with van der Waals surface area (Å²) >= 11 is 11.9. The zero-order valence-electron chi connectivity index (χ0n) is 35.9. The average molecular weight is 969 g/mol. The molecular formula is C62H32S6. The van der Waals surface area contributed by atoms with Crippen LogP contribution in [-0.2, 0) is 0 Å². The molecule has 0 aliphatic rings. The van der Waals surface area contributed by atoms with E-state index in [1.165, 1.54) is 155 Å². The van der Waals surface area contributed by atoms with E-state index < -0.39 is 0 Å². The number of thiophene rings is 6. The highest BCUT2D eigenvalue weighted by molar-refractivity contribution is 7.40. The lowest BCUT2D eigenvalue weighted by Crippen LogP contribution is -1.77. The van der Waals surface area contributed by atoms with Crippen molar-refractivity contribution in [3.63, 3.8) is 0 Å². The summed E-state index contributed by atoms with van der Waals surface area (Å²) in [6, 6.07) is 72.7. The fraction of sp³-hybridized carbons (Fsp3) is 0. The molecule has 0 radical (unpaired) electrons. The first-order valence-corrected chi connectivity index (χ1v) is 27.7. The summed E-state index contributed by atoms with van der Waals surface area (Å²) < 4.78 is 11.2. The van der Waals surface area contributed by atoms with Crippen LogP contribution in [0.15, 0.2) is 194 Å². The molecule has 0 amide bonds. The third kappa shape index (κ3) is 5.39. The Balaban J connectivity index is 1.05. The normalized spacial score (nSPS) is 12.4. The van der Waals surface area contributed by atoms with Crippen molar-refractivity contribution in [3.8, 4) is 41.8 Å². The molecule has 10 aromatic carbocycles. The standard InChI is InChI=1S/C62H32S6/c1-5-21-37-33(13-1)17-9-25-41(37)49-29-45-53-55(47-31-51(65-59(47)57(45)63-49)43-27-11-19-35-15-3-7-23-39(35)43)67-62-54-46-30-50(42-26-10-18-34-14-2-6-22-38(34)42)64-58(46)60-48(56(54)68-61(53)62)32-52(66-60)44-28-12-20-36-16-4-8-24-40(36)44/h1-32H. The number of benzene rings is 10. The maximum atomic E-state index is 2.54. The van der Waals surface area contributed by atoms with Crippen molar-refractivity contribution >= 4 is 181 Å². The van der Waals surface area contributed by atoms with Gasteiger partial charge in [0.2, 0.25) is 0 Å². The van der Waals surface area contributed by atoms with Gasteiger partial charge in [-0.05, 0) is 89.6 Å². The Morgan fingerprint density at radius 1 is 0.191 bits per heavy atom. The molecule has 0 nitrogen and oxygen atoms in total. The quantitative estimate of drug-likeness (QED) is 0.165. The number of hydrogen-bond donors (Lipinski definition) is 0. The van der Waals surface area contributed by atoms with Gasteiger partial charge in [0.1, 0.15) is 0 Å². The molecule has 0 bridgehead atoms. The van der Waals surface area contributed by atoms with Gasteiger partial charge in [-0.2, -0.15) is 0 Å². The smallest absolute Gasteiger partial charge is 0.0549 e. The molecule has 0 saturated carbocycles. The lowest BCUT2D eigenvalue weighted by molar-refractivity contribution is 1.74. The van der Waals surface area contributed by atoms with Gasteiger partial charge in [0.15, 0.2) is 0 Å². The average Bonchev–Trinajstić information content (AvgIpc) is 4.26. The molecule has 0 aliphatic carbocycles. The lowest BCUT2D eigenvalue weighted by atomic mass is 10.0. The van der Waals surface area contributed by atoms with Crippen LogP contribution in [0.3, 0.4) is 0 Å². The molecule has 0 fully saturated rings. The van der Waals surface area contributed by atoms with Crippen LogP contribution in [0.25, 0.3) is 155 Å². The van der Waals surface area contributed by atoms with Crippen molar-refractivity contribution in [1.29, 1.82) is 0 Å². The van der Waals surface area contributed by atoms with Crippen molar-refractivity contribution in [1.82, 2.24) is 0 Å². The molecule has 0 atom stereocenters. The first-order chi connectivity index (χ1) is 33.7. The third-order valence-electron chi connectivity index (χ3n) is 14.1. The molecule has 0 spiro atoms. The van der Waals surface area contributed by atoms with Crippen molar-refractivity contribution in [3.05, 3.63) is 194 Å². The fourth-order valence-electron chi connectivity index (χ4n) is 11.0. The summed E-state index contributed by atoms with van der Waals surface area (Å²) in [6.45, 7) is 0. The second-order valence-corrected chi connectivity index (χ2v) is 24.0. The number of rotatable bonds is 4. The van der Waals surface area contributed by atoms with E-state index in [0.29, 0.717) is 0 Å². The molecule has 0 unspecified atom stereocenters. The summed E-state index contributed by atoms with van der Waals surface area (Å²) in [6.07, 6.45) is 0. The van der Waals surface area contributed by atoms with E-state index in [4.69, 9.17) is 0 Å². The summed E-state index contributed by atoms with van der Waals surface area (Å²) in [5.74, 6) is 0. The van der Waals surface area contributed by atoms with E-state index in [1.54, 1.807) is 0 Å². The van der Waals surface area contributed by atoms with Crippen LogP contribution in [0.5, 0.6) is 0 Å². The monoisotopic (exact) mass is 968 g/mol. The van der Waals surface area contributed by atoms with Gasteiger partial charge in [0.05, 0.1) is 28.2 Å². The largest absolute Gasteiger partial charge is 0.134 e. The summed E-state index contributed by atoms with van der Waals surface area (Å²) in [7, 11) is 0. The van der Waals surface area contributed by atoms with Crippen LogP contribution in [-0.4, -0.2) is 0 Å². The highest BCUT2D eigenvalue weighted by atomic mass is 32.1. The van der Waals surface area contributed by atoms with Crippen LogP contribution < -0.4 is 0 Å². The Kier molecular flexibility index (Phi) is 8.10. The summed E-state index contributed by atoms with van der Waals surface area (Å²) in [4.78, 5) is 5.30. The molecule has 68 heavy (non-hydrogen) atoms. The van der Waals surface area contributed by atoms with Crippen LogP contribution in [0.1, 0.15) is 0 Å². The van der Waals surface area contributed by atoms with Crippen molar-refractivity contribution in [2.45, 2.75) is 0 Å². The molecular weight excluding hydrogens is 937 g/mol. The Hall–Kier alpha value is -6.74. The number of fused-ring (bicyclic) bond motifs is 19. The van der Waals surface area contributed by atoms with Crippen LogP contribution >= 0.6 is 68.0 Å². The lowest BCUT2D eigenvalue weighted by Gasteiger charge is -2.03. The second-order valence-electron chi connectivity index (χ2n) is 17.8.